The van der Waals surface area contributed by atoms with Gasteiger partial charge in [-0.2, -0.15) is 0 Å². The van der Waals surface area contributed by atoms with Gasteiger partial charge in [-0.3, -0.25) is 9.59 Å². The molecule has 1 aliphatic rings. The molecule has 5 N–H and O–H groups in total. The van der Waals surface area contributed by atoms with Crippen LogP contribution in [-0.2, 0) is 14.4 Å². The summed E-state index contributed by atoms with van der Waals surface area (Å²) in [6.45, 7) is 5.52. The molecule has 1 fully saturated rings. The van der Waals surface area contributed by atoms with Crippen molar-refractivity contribution >= 4 is 17.8 Å². The number of carbonyl (C=O) groups is 3. The number of nitrogens with one attached hydrogen (secondary N) is 1. The zero-order valence-corrected chi connectivity index (χ0v) is 13.9. The molecule has 0 radical (unpaired) electrons. The third kappa shape index (κ3) is 4.65. The maximum Gasteiger partial charge on any atom is 0.328 e. The van der Waals surface area contributed by atoms with Crippen LogP contribution in [0.15, 0.2) is 0 Å². The van der Waals surface area contributed by atoms with Gasteiger partial charge in [-0.15, -0.1) is 0 Å². The van der Waals surface area contributed by atoms with E-state index in [-0.39, 0.29) is 11.8 Å². The molecule has 8 heteroatoms. The lowest BCUT2D eigenvalue weighted by Crippen LogP contribution is -2.56. The number of nitrogens with two attached hydrogens (primary N) is 1. The molecule has 1 heterocycles. The first kappa shape index (κ1) is 19.4. The van der Waals surface area contributed by atoms with Crippen molar-refractivity contribution in [2.75, 3.05) is 6.54 Å². The molecule has 5 atom stereocenters. The molecule has 5 unspecified atom stereocenters. The highest BCUT2D eigenvalue weighted by Gasteiger charge is 2.39. The first-order valence-corrected chi connectivity index (χ1v) is 7.98. The average Bonchev–Trinajstić information content (AvgIpc) is 2.98. The summed E-state index contributed by atoms with van der Waals surface area (Å²) < 4.78 is 0. The summed E-state index contributed by atoms with van der Waals surface area (Å²) in [7, 11) is 0. The highest BCUT2D eigenvalue weighted by atomic mass is 16.4. The van der Waals surface area contributed by atoms with Gasteiger partial charge in [0.05, 0.1) is 12.1 Å². The van der Waals surface area contributed by atoms with Gasteiger partial charge in [0.25, 0.3) is 0 Å². The lowest BCUT2D eigenvalue weighted by molar-refractivity contribution is -0.146. The van der Waals surface area contributed by atoms with Gasteiger partial charge in [-0.05, 0) is 25.7 Å². The maximum absolute atomic E-state index is 12.5. The van der Waals surface area contributed by atoms with Crippen molar-refractivity contribution in [1.82, 2.24) is 10.2 Å². The van der Waals surface area contributed by atoms with Crippen molar-refractivity contribution < 1.29 is 24.6 Å². The molecular weight excluding hydrogens is 302 g/mol. The second-order valence-corrected chi connectivity index (χ2v) is 6.17. The number of hydrogen-bond acceptors (Lipinski definition) is 5. The van der Waals surface area contributed by atoms with Crippen LogP contribution in [-0.4, -0.2) is 63.7 Å². The Morgan fingerprint density at radius 1 is 1.35 bits per heavy atom. The summed E-state index contributed by atoms with van der Waals surface area (Å²) in [5.74, 6) is -2.18. The van der Waals surface area contributed by atoms with E-state index in [1.165, 1.54) is 11.8 Å². The van der Waals surface area contributed by atoms with Gasteiger partial charge in [-0.25, -0.2) is 4.79 Å². The number of carboxylic acids is 1. The van der Waals surface area contributed by atoms with E-state index in [2.05, 4.69) is 5.32 Å². The summed E-state index contributed by atoms with van der Waals surface area (Å²) in [6.07, 6.45) is 0.630. The molecule has 0 spiro atoms. The molecule has 0 saturated carbocycles. The Morgan fingerprint density at radius 3 is 2.43 bits per heavy atom. The maximum atomic E-state index is 12.5. The van der Waals surface area contributed by atoms with E-state index in [0.29, 0.717) is 19.4 Å². The first-order valence-electron chi connectivity index (χ1n) is 7.98. The molecule has 1 saturated heterocycles. The van der Waals surface area contributed by atoms with Gasteiger partial charge in [0, 0.05) is 6.54 Å². The van der Waals surface area contributed by atoms with Crippen LogP contribution in [0.3, 0.4) is 0 Å². The quantitative estimate of drug-likeness (QED) is 0.488. The van der Waals surface area contributed by atoms with Crippen LogP contribution in [0.25, 0.3) is 0 Å². The minimum absolute atomic E-state index is 0.00366. The molecule has 23 heavy (non-hydrogen) atoms. The van der Waals surface area contributed by atoms with Crippen molar-refractivity contribution in [2.24, 2.45) is 11.7 Å². The lowest BCUT2D eigenvalue weighted by Gasteiger charge is -2.29. The van der Waals surface area contributed by atoms with Crippen LogP contribution in [0.4, 0.5) is 0 Å². The van der Waals surface area contributed by atoms with Gasteiger partial charge in [0.2, 0.25) is 11.8 Å². The molecule has 0 aromatic heterocycles. The summed E-state index contributed by atoms with van der Waals surface area (Å²) in [4.78, 5) is 37.3. The smallest absolute Gasteiger partial charge is 0.328 e. The van der Waals surface area contributed by atoms with E-state index in [1.54, 1.807) is 0 Å². The number of hydrogen-bond donors (Lipinski definition) is 4. The fourth-order valence-corrected chi connectivity index (χ4v) is 2.63. The van der Waals surface area contributed by atoms with Crippen molar-refractivity contribution in [3.63, 3.8) is 0 Å². The Hall–Kier alpha value is -1.67. The van der Waals surface area contributed by atoms with Gasteiger partial charge in [0.1, 0.15) is 6.04 Å². The van der Waals surface area contributed by atoms with Crippen LogP contribution in [0.1, 0.15) is 40.0 Å². The Labute approximate surface area is 136 Å². The number of aliphatic carboxylic acids is 1. The SMILES string of the molecule is CCC(C)C(N)C(=O)N1CCCC1C(=O)NC(C(=O)O)C(C)O. The Kier molecular flexibility index (Phi) is 6.96. The zero-order chi connectivity index (χ0) is 17.7. The second-order valence-electron chi connectivity index (χ2n) is 6.17. The molecular formula is C15H27N3O5. The van der Waals surface area contributed by atoms with Crippen molar-refractivity contribution in [3.05, 3.63) is 0 Å². The summed E-state index contributed by atoms with van der Waals surface area (Å²) in [5, 5.41) is 20.8. The predicted octanol–water partition coefficient (Wildman–Crippen LogP) is -0.699. The van der Waals surface area contributed by atoms with Crippen LogP contribution in [0.2, 0.25) is 0 Å². The second kappa shape index (κ2) is 8.26. The molecule has 0 aromatic carbocycles. The lowest BCUT2D eigenvalue weighted by atomic mass is 9.98. The molecule has 132 valence electrons. The largest absolute Gasteiger partial charge is 0.480 e. The van der Waals surface area contributed by atoms with E-state index in [0.717, 1.165) is 6.42 Å². The number of carbonyl (C=O) groups excluding carboxylic acids is 2. The van der Waals surface area contributed by atoms with Gasteiger partial charge >= 0.3 is 5.97 Å². The fraction of sp³-hybridized carbons (Fsp3) is 0.800. The highest BCUT2D eigenvalue weighted by molar-refractivity contribution is 5.92. The number of nitrogens with zero attached hydrogens (tertiary/aromatic N) is 1. The van der Waals surface area contributed by atoms with E-state index in [9.17, 15) is 19.5 Å². The van der Waals surface area contributed by atoms with Crippen LogP contribution in [0, 0.1) is 5.92 Å². The topological polar surface area (TPSA) is 133 Å². The molecule has 1 aliphatic heterocycles. The monoisotopic (exact) mass is 329 g/mol. The number of rotatable bonds is 7. The van der Waals surface area contributed by atoms with Crippen molar-refractivity contribution in [3.8, 4) is 0 Å². The third-order valence-corrected chi connectivity index (χ3v) is 4.43. The molecule has 1 rings (SSSR count). The number of aliphatic hydroxyl groups is 1. The van der Waals surface area contributed by atoms with E-state index in [1.807, 2.05) is 13.8 Å². The minimum atomic E-state index is -1.40. The van der Waals surface area contributed by atoms with E-state index >= 15 is 0 Å². The zero-order valence-electron chi connectivity index (χ0n) is 13.9. The normalized spacial score (nSPS) is 23.0. The first-order chi connectivity index (χ1) is 10.7. The van der Waals surface area contributed by atoms with E-state index in [4.69, 9.17) is 10.8 Å². The number of aliphatic hydroxyl groups excluding tert-OH is 1. The van der Waals surface area contributed by atoms with E-state index < -0.39 is 36.1 Å². The highest BCUT2D eigenvalue weighted by Crippen LogP contribution is 2.20. The molecule has 0 aliphatic carbocycles. The summed E-state index contributed by atoms with van der Waals surface area (Å²) in [5.41, 5.74) is 5.95. The average molecular weight is 329 g/mol. The van der Waals surface area contributed by atoms with Crippen molar-refractivity contribution in [2.45, 2.75) is 64.3 Å². The Morgan fingerprint density at radius 2 is 1.96 bits per heavy atom. The number of amides is 2. The predicted molar refractivity (Wildman–Crippen MR) is 83.4 cm³/mol. The standard InChI is InChI=1S/C15H27N3O5/c1-4-8(2)11(16)14(21)18-7-5-6-10(18)13(20)17-12(9(3)19)15(22)23/h8-12,19H,4-7,16H2,1-3H3,(H,17,20)(H,22,23). The van der Waals surface area contributed by atoms with Crippen molar-refractivity contribution in [1.29, 1.82) is 0 Å². The molecule has 2 amide bonds. The Balaban J connectivity index is 2.80. The van der Waals surface area contributed by atoms with Gasteiger partial charge in [0.15, 0.2) is 6.04 Å². The van der Waals surface area contributed by atoms with Gasteiger partial charge in [-0.1, -0.05) is 20.3 Å². The summed E-state index contributed by atoms with van der Waals surface area (Å²) in [6, 6.07) is -2.82. The Bertz CT molecular complexity index is 454. The van der Waals surface area contributed by atoms with Crippen LogP contribution in [0.5, 0.6) is 0 Å². The number of likely N-dealkylation sites (tertiary alicyclic amines) is 1. The number of carboxylic acid groups (broad SMARTS) is 1. The van der Waals surface area contributed by atoms with Crippen LogP contribution >= 0.6 is 0 Å². The van der Waals surface area contributed by atoms with Gasteiger partial charge < -0.3 is 26.2 Å². The van der Waals surface area contributed by atoms with Crippen LogP contribution < -0.4 is 11.1 Å². The molecule has 0 bridgehead atoms. The molecule has 0 aromatic rings. The third-order valence-electron chi connectivity index (χ3n) is 4.43. The fourth-order valence-electron chi connectivity index (χ4n) is 2.63. The molecule has 8 nitrogen and oxygen atoms in total. The minimum Gasteiger partial charge on any atom is -0.480 e. The summed E-state index contributed by atoms with van der Waals surface area (Å²) >= 11 is 0.